The Morgan fingerprint density at radius 3 is 2.63 bits per heavy atom. The van der Waals surface area contributed by atoms with Gasteiger partial charge in [-0.25, -0.2) is 0 Å². The highest BCUT2D eigenvalue weighted by Crippen LogP contribution is 2.53. The second-order valence-corrected chi connectivity index (χ2v) is 6.44. The summed E-state index contributed by atoms with van der Waals surface area (Å²) in [6.07, 6.45) is 1.31. The lowest BCUT2D eigenvalue weighted by Gasteiger charge is -2.14. The van der Waals surface area contributed by atoms with Crippen molar-refractivity contribution in [1.82, 2.24) is 5.32 Å². The van der Waals surface area contributed by atoms with Crippen LogP contribution in [-0.2, 0) is 5.41 Å². The van der Waals surface area contributed by atoms with E-state index in [1.54, 1.807) is 0 Å². The van der Waals surface area contributed by atoms with Gasteiger partial charge >= 0.3 is 0 Å². The highest BCUT2D eigenvalue weighted by Gasteiger charge is 2.50. The van der Waals surface area contributed by atoms with Gasteiger partial charge in [0.25, 0.3) is 0 Å². The molecule has 2 aromatic rings. The molecule has 0 spiro atoms. The molecule has 2 atom stereocenters. The van der Waals surface area contributed by atoms with E-state index in [1.807, 2.05) is 0 Å². The molecule has 19 heavy (non-hydrogen) atoms. The molecule has 0 aromatic heterocycles. The first kappa shape index (κ1) is 12.7. The summed E-state index contributed by atoms with van der Waals surface area (Å²) in [6, 6.07) is 16.2. The molecule has 1 fully saturated rings. The molecule has 2 aromatic carbocycles. The molecule has 100 valence electrons. The van der Waals surface area contributed by atoms with E-state index in [2.05, 4.69) is 68.6 Å². The maximum absolute atomic E-state index is 3.57. The van der Waals surface area contributed by atoms with Crippen LogP contribution in [0.1, 0.15) is 32.8 Å². The number of hydrogen-bond donors (Lipinski definition) is 1. The largest absolute Gasteiger partial charge is 0.314 e. The SMILES string of the molecule is CC(C)NCC1CC1(C)c1ccc2ccccc2c1. The zero-order valence-electron chi connectivity index (χ0n) is 12.1. The van der Waals surface area contributed by atoms with Gasteiger partial charge in [-0.05, 0) is 40.6 Å². The molecule has 0 saturated heterocycles. The van der Waals surface area contributed by atoms with Gasteiger partial charge in [-0.15, -0.1) is 0 Å². The first-order chi connectivity index (χ1) is 9.09. The standard InChI is InChI=1S/C18H23N/c1-13(2)19-12-17-11-18(17,3)16-9-8-14-6-4-5-7-15(14)10-16/h4-10,13,17,19H,11-12H2,1-3H3. The summed E-state index contributed by atoms with van der Waals surface area (Å²) in [4.78, 5) is 0. The van der Waals surface area contributed by atoms with E-state index in [0.717, 1.165) is 12.5 Å². The van der Waals surface area contributed by atoms with Crippen molar-refractivity contribution in [2.45, 2.75) is 38.6 Å². The first-order valence-electron chi connectivity index (χ1n) is 7.32. The van der Waals surface area contributed by atoms with Crippen LogP contribution < -0.4 is 5.32 Å². The van der Waals surface area contributed by atoms with Gasteiger partial charge in [0, 0.05) is 6.04 Å². The van der Waals surface area contributed by atoms with Crippen molar-refractivity contribution in [3.05, 3.63) is 48.0 Å². The van der Waals surface area contributed by atoms with E-state index in [4.69, 9.17) is 0 Å². The highest BCUT2D eigenvalue weighted by molar-refractivity contribution is 5.83. The van der Waals surface area contributed by atoms with Crippen molar-refractivity contribution in [3.63, 3.8) is 0 Å². The Bertz CT molecular complexity index is 587. The lowest BCUT2D eigenvalue weighted by Crippen LogP contribution is -2.26. The summed E-state index contributed by atoms with van der Waals surface area (Å²) < 4.78 is 0. The predicted octanol–water partition coefficient (Wildman–Crippen LogP) is 4.12. The number of benzene rings is 2. The van der Waals surface area contributed by atoms with E-state index >= 15 is 0 Å². The van der Waals surface area contributed by atoms with E-state index < -0.39 is 0 Å². The normalized spacial score (nSPS) is 26.0. The Labute approximate surface area is 116 Å². The minimum absolute atomic E-state index is 0.381. The Kier molecular flexibility index (Phi) is 3.10. The average Bonchev–Trinajstić information content (AvgIpc) is 3.08. The summed E-state index contributed by atoms with van der Waals surface area (Å²) in [6.45, 7) is 7.98. The van der Waals surface area contributed by atoms with Gasteiger partial charge in [0.1, 0.15) is 0 Å². The van der Waals surface area contributed by atoms with Crippen LogP contribution in [0.25, 0.3) is 10.8 Å². The molecule has 1 N–H and O–H groups in total. The summed E-state index contributed by atoms with van der Waals surface area (Å²) in [5.74, 6) is 0.788. The second-order valence-electron chi connectivity index (χ2n) is 6.44. The van der Waals surface area contributed by atoms with Gasteiger partial charge in [-0.1, -0.05) is 63.2 Å². The van der Waals surface area contributed by atoms with E-state index in [1.165, 1.54) is 22.8 Å². The van der Waals surface area contributed by atoms with Crippen LogP contribution in [0.4, 0.5) is 0 Å². The molecule has 0 heterocycles. The fourth-order valence-electron chi connectivity index (χ4n) is 3.03. The molecule has 1 saturated carbocycles. The Balaban J connectivity index is 1.81. The van der Waals surface area contributed by atoms with E-state index in [-0.39, 0.29) is 0 Å². The van der Waals surface area contributed by atoms with Crippen LogP contribution in [0.5, 0.6) is 0 Å². The molecular weight excluding hydrogens is 230 g/mol. The maximum Gasteiger partial charge on any atom is 0.00104 e. The van der Waals surface area contributed by atoms with Crippen molar-refractivity contribution in [1.29, 1.82) is 0 Å². The molecule has 1 aliphatic rings. The maximum atomic E-state index is 3.57. The summed E-state index contributed by atoms with van der Waals surface area (Å²) in [5.41, 5.74) is 1.88. The van der Waals surface area contributed by atoms with Gasteiger partial charge in [-0.3, -0.25) is 0 Å². The third kappa shape index (κ3) is 2.40. The molecule has 2 unspecified atom stereocenters. The van der Waals surface area contributed by atoms with Crippen LogP contribution >= 0.6 is 0 Å². The third-order valence-electron chi connectivity index (χ3n) is 4.59. The van der Waals surface area contributed by atoms with E-state index in [0.29, 0.717) is 11.5 Å². The van der Waals surface area contributed by atoms with Crippen molar-refractivity contribution in [2.75, 3.05) is 6.54 Å². The van der Waals surface area contributed by atoms with Crippen LogP contribution in [0.3, 0.4) is 0 Å². The lowest BCUT2D eigenvalue weighted by molar-refractivity contribution is 0.528. The number of hydrogen-bond acceptors (Lipinski definition) is 1. The van der Waals surface area contributed by atoms with Gasteiger partial charge in [0.05, 0.1) is 0 Å². The molecule has 3 rings (SSSR count). The molecule has 1 heteroatoms. The van der Waals surface area contributed by atoms with Crippen molar-refractivity contribution in [2.24, 2.45) is 5.92 Å². The van der Waals surface area contributed by atoms with Crippen LogP contribution in [-0.4, -0.2) is 12.6 Å². The Morgan fingerprint density at radius 2 is 1.89 bits per heavy atom. The summed E-state index contributed by atoms with van der Waals surface area (Å²) in [5, 5.41) is 6.27. The van der Waals surface area contributed by atoms with Gasteiger partial charge < -0.3 is 5.32 Å². The summed E-state index contributed by atoms with van der Waals surface area (Å²) in [7, 11) is 0. The molecular formula is C18H23N. The van der Waals surface area contributed by atoms with Gasteiger partial charge in [-0.2, -0.15) is 0 Å². The zero-order chi connectivity index (χ0) is 13.5. The van der Waals surface area contributed by atoms with Crippen LogP contribution in [0.2, 0.25) is 0 Å². The Morgan fingerprint density at radius 1 is 1.16 bits per heavy atom. The smallest absolute Gasteiger partial charge is 0.00104 e. The molecule has 0 bridgehead atoms. The number of fused-ring (bicyclic) bond motifs is 1. The van der Waals surface area contributed by atoms with E-state index in [9.17, 15) is 0 Å². The fraction of sp³-hybridized carbons (Fsp3) is 0.444. The minimum atomic E-state index is 0.381. The lowest BCUT2D eigenvalue weighted by atomic mass is 9.93. The number of rotatable bonds is 4. The monoisotopic (exact) mass is 253 g/mol. The first-order valence-corrected chi connectivity index (χ1v) is 7.32. The quantitative estimate of drug-likeness (QED) is 0.864. The van der Waals surface area contributed by atoms with Gasteiger partial charge in [0.2, 0.25) is 0 Å². The second kappa shape index (κ2) is 4.64. The fourth-order valence-corrected chi connectivity index (χ4v) is 3.03. The highest BCUT2D eigenvalue weighted by atomic mass is 14.9. The van der Waals surface area contributed by atoms with Crippen LogP contribution in [0, 0.1) is 5.92 Å². The van der Waals surface area contributed by atoms with Crippen molar-refractivity contribution < 1.29 is 0 Å². The third-order valence-corrected chi connectivity index (χ3v) is 4.59. The zero-order valence-corrected chi connectivity index (χ0v) is 12.1. The summed E-state index contributed by atoms with van der Waals surface area (Å²) >= 11 is 0. The van der Waals surface area contributed by atoms with Crippen molar-refractivity contribution >= 4 is 10.8 Å². The predicted molar refractivity (Wildman–Crippen MR) is 82.5 cm³/mol. The molecule has 1 nitrogen and oxygen atoms in total. The molecule has 0 aliphatic heterocycles. The Hall–Kier alpha value is -1.34. The topological polar surface area (TPSA) is 12.0 Å². The van der Waals surface area contributed by atoms with Crippen molar-refractivity contribution in [3.8, 4) is 0 Å². The van der Waals surface area contributed by atoms with Crippen LogP contribution in [0.15, 0.2) is 42.5 Å². The molecule has 0 amide bonds. The minimum Gasteiger partial charge on any atom is -0.314 e. The molecule has 1 aliphatic carbocycles. The average molecular weight is 253 g/mol. The number of nitrogens with one attached hydrogen (secondary N) is 1. The van der Waals surface area contributed by atoms with Gasteiger partial charge in [0.15, 0.2) is 0 Å². The molecule has 0 radical (unpaired) electrons.